The fraction of sp³-hybridized carbons (Fsp3) is 0.438. The summed E-state index contributed by atoms with van der Waals surface area (Å²) < 4.78 is 4.47. The third-order valence-electron chi connectivity index (χ3n) is 4.05. The first-order valence-corrected chi connectivity index (χ1v) is 8.51. The lowest BCUT2D eigenvalue weighted by Crippen LogP contribution is -2.52. The second kappa shape index (κ2) is 7.06. The molecule has 7 heteroatoms. The summed E-state index contributed by atoms with van der Waals surface area (Å²) in [6.45, 7) is 5.32. The van der Waals surface area contributed by atoms with Crippen molar-refractivity contribution in [1.82, 2.24) is 14.3 Å². The minimum atomic E-state index is -0.739. The maximum Gasteiger partial charge on any atom is 0.304 e. The Morgan fingerprint density at radius 3 is 2.83 bits per heavy atom. The summed E-state index contributed by atoms with van der Waals surface area (Å²) in [4.78, 5) is 19.8. The van der Waals surface area contributed by atoms with Gasteiger partial charge in [-0.2, -0.15) is 9.36 Å². The maximum absolute atomic E-state index is 10.7. The van der Waals surface area contributed by atoms with Gasteiger partial charge in [-0.25, -0.2) is 0 Å². The van der Waals surface area contributed by atoms with Gasteiger partial charge in [0, 0.05) is 49.3 Å². The van der Waals surface area contributed by atoms with E-state index < -0.39 is 5.97 Å². The van der Waals surface area contributed by atoms with E-state index in [9.17, 15) is 4.79 Å². The predicted octanol–water partition coefficient (Wildman–Crippen LogP) is 2.19. The van der Waals surface area contributed by atoms with Gasteiger partial charge in [0.2, 0.25) is 5.13 Å². The van der Waals surface area contributed by atoms with E-state index in [1.165, 1.54) is 11.5 Å². The Morgan fingerprint density at radius 2 is 2.13 bits per heavy atom. The van der Waals surface area contributed by atoms with Gasteiger partial charge in [0.05, 0.1) is 6.42 Å². The number of carboxylic acids is 1. The molecule has 1 aromatic heterocycles. The Kier molecular flexibility index (Phi) is 4.88. The molecule has 1 aromatic carbocycles. The second-order valence-electron chi connectivity index (χ2n) is 5.75. The summed E-state index contributed by atoms with van der Waals surface area (Å²) in [5, 5.41) is 9.74. The van der Waals surface area contributed by atoms with Crippen molar-refractivity contribution >= 4 is 22.6 Å². The second-order valence-corrected chi connectivity index (χ2v) is 6.48. The molecule has 0 saturated carbocycles. The average Bonchev–Trinajstić information content (AvgIpc) is 3.03. The normalized spacial score (nSPS) is 19.0. The Bertz CT molecular complexity index is 661. The zero-order valence-electron chi connectivity index (χ0n) is 13.1. The summed E-state index contributed by atoms with van der Waals surface area (Å²) in [6, 6.07) is 10.3. The Balaban J connectivity index is 1.64. The minimum absolute atomic E-state index is 0.198. The van der Waals surface area contributed by atoms with Crippen molar-refractivity contribution < 1.29 is 9.90 Å². The van der Waals surface area contributed by atoms with Gasteiger partial charge < -0.3 is 10.0 Å². The Labute approximate surface area is 139 Å². The first-order valence-electron chi connectivity index (χ1n) is 7.73. The van der Waals surface area contributed by atoms with Crippen LogP contribution in [0.1, 0.15) is 13.3 Å². The lowest BCUT2D eigenvalue weighted by molar-refractivity contribution is -0.137. The summed E-state index contributed by atoms with van der Waals surface area (Å²) >= 11 is 1.43. The number of benzene rings is 1. The predicted molar refractivity (Wildman–Crippen MR) is 90.8 cm³/mol. The molecule has 0 bridgehead atoms. The molecular formula is C16H20N4O2S. The highest BCUT2D eigenvalue weighted by molar-refractivity contribution is 7.09. The number of piperazine rings is 1. The number of nitrogens with zero attached hydrogens (tertiary/aromatic N) is 4. The van der Waals surface area contributed by atoms with Crippen molar-refractivity contribution in [2.75, 3.05) is 31.1 Å². The highest BCUT2D eigenvalue weighted by atomic mass is 32.1. The third-order valence-corrected chi connectivity index (χ3v) is 4.80. The Morgan fingerprint density at radius 1 is 1.35 bits per heavy atom. The number of hydrogen-bond acceptors (Lipinski definition) is 6. The van der Waals surface area contributed by atoms with E-state index in [4.69, 9.17) is 5.11 Å². The topological polar surface area (TPSA) is 69.6 Å². The lowest BCUT2D eigenvalue weighted by Gasteiger charge is -2.39. The van der Waals surface area contributed by atoms with Crippen LogP contribution < -0.4 is 4.90 Å². The van der Waals surface area contributed by atoms with Crippen molar-refractivity contribution in [3.05, 3.63) is 30.3 Å². The molecule has 6 nitrogen and oxygen atoms in total. The highest BCUT2D eigenvalue weighted by Crippen LogP contribution is 2.26. The van der Waals surface area contributed by atoms with Crippen LogP contribution in [0.2, 0.25) is 0 Å². The fourth-order valence-electron chi connectivity index (χ4n) is 2.81. The van der Waals surface area contributed by atoms with Gasteiger partial charge >= 0.3 is 5.97 Å². The van der Waals surface area contributed by atoms with Crippen LogP contribution in [-0.2, 0) is 4.79 Å². The first-order chi connectivity index (χ1) is 11.1. The summed E-state index contributed by atoms with van der Waals surface area (Å²) in [5.41, 5.74) is 1.03. The number of carboxylic acid groups (broad SMARTS) is 1. The van der Waals surface area contributed by atoms with Gasteiger partial charge in [-0.05, 0) is 6.92 Å². The Hall–Kier alpha value is -1.99. The molecular weight excluding hydrogens is 312 g/mol. The van der Waals surface area contributed by atoms with E-state index >= 15 is 0 Å². The lowest BCUT2D eigenvalue weighted by atomic mass is 10.2. The quantitative estimate of drug-likeness (QED) is 0.905. The van der Waals surface area contributed by atoms with Gasteiger partial charge in [0.1, 0.15) is 0 Å². The molecule has 1 saturated heterocycles. The molecule has 122 valence electrons. The van der Waals surface area contributed by atoms with Crippen LogP contribution in [0.15, 0.2) is 30.3 Å². The van der Waals surface area contributed by atoms with Crippen LogP contribution in [0.4, 0.5) is 5.13 Å². The zero-order valence-corrected chi connectivity index (χ0v) is 13.9. The highest BCUT2D eigenvalue weighted by Gasteiger charge is 2.26. The number of aliphatic carboxylic acids is 1. The van der Waals surface area contributed by atoms with Gasteiger partial charge in [-0.15, -0.1) is 0 Å². The molecule has 1 N–H and O–H groups in total. The van der Waals surface area contributed by atoms with Crippen molar-refractivity contribution in [1.29, 1.82) is 0 Å². The van der Waals surface area contributed by atoms with Gasteiger partial charge in [0.25, 0.3) is 0 Å². The van der Waals surface area contributed by atoms with Crippen LogP contribution in [0.3, 0.4) is 0 Å². The largest absolute Gasteiger partial charge is 0.481 e. The van der Waals surface area contributed by atoms with Crippen LogP contribution in [0, 0.1) is 0 Å². The fourth-order valence-corrected chi connectivity index (χ4v) is 3.63. The summed E-state index contributed by atoms with van der Waals surface area (Å²) in [6.07, 6.45) is 0.198. The van der Waals surface area contributed by atoms with Crippen LogP contribution >= 0.6 is 11.5 Å². The zero-order chi connectivity index (χ0) is 16.2. The average molecular weight is 332 g/mol. The molecule has 1 atom stereocenters. The SMILES string of the molecule is CC1CN(CCC(=O)O)CCN1c1nc(-c2ccccc2)ns1. The molecule has 0 amide bonds. The van der Waals surface area contributed by atoms with Crippen molar-refractivity contribution in [3.8, 4) is 11.4 Å². The van der Waals surface area contributed by atoms with Gasteiger partial charge in [-0.1, -0.05) is 30.3 Å². The number of carbonyl (C=O) groups is 1. The molecule has 0 radical (unpaired) electrons. The number of anilines is 1. The van der Waals surface area contributed by atoms with E-state index in [1.54, 1.807) is 0 Å². The van der Waals surface area contributed by atoms with Gasteiger partial charge in [-0.3, -0.25) is 9.69 Å². The van der Waals surface area contributed by atoms with E-state index in [0.717, 1.165) is 36.2 Å². The van der Waals surface area contributed by atoms with Crippen molar-refractivity contribution in [2.45, 2.75) is 19.4 Å². The number of rotatable bonds is 5. The monoisotopic (exact) mass is 332 g/mol. The molecule has 0 aliphatic carbocycles. The molecule has 1 aliphatic heterocycles. The molecule has 2 heterocycles. The van der Waals surface area contributed by atoms with Gasteiger partial charge in [0.15, 0.2) is 5.82 Å². The number of aromatic nitrogens is 2. The summed E-state index contributed by atoms with van der Waals surface area (Å²) in [5.74, 6) is 0.0304. The van der Waals surface area contributed by atoms with Crippen LogP contribution in [0.5, 0.6) is 0 Å². The summed E-state index contributed by atoms with van der Waals surface area (Å²) in [7, 11) is 0. The molecule has 3 rings (SSSR count). The van der Waals surface area contributed by atoms with Crippen molar-refractivity contribution in [2.24, 2.45) is 0 Å². The van der Waals surface area contributed by atoms with E-state index in [2.05, 4.69) is 26.1 Å². The number of hydrogen-bond donors (Lipinski definition) is 1. The van der Waals surface area contributed by atoms with Crippen LogP contribution in [0.25, 0.3) is 11.4 Å². The van der Waals surface area contributed by atoms with E-state index in [0.29, 0.717) is 12.6 Å². The smallest absolute Gasteiger partial charge is 0.304 e. The van der Waals surface area contributed by atoms with Crippen LogP contribution in [-0.4, -0.2) is 57.6 Å². The molecule has 2 aromatic rings. The molecule has 1 unspecified atom stereocenters. The molecule has 1 aliphatic rings. The van der Waals surface area contributed by atoms with E-state index in [1.807, 2.05) is 30.3 Å². The minimum Gasteiger partial charge on any atom is -0.481 e. The maximum atomic E-state index is 10.7. The molecule has 1 fully saturated rings. The first kappa shape index (κ1) is 15.9. The van der Waals surface area contributed by atoms with Crippen molar-refractivity contribution in [3.63, 3.8) is 0 Å². The molecule has 23 heavy (non-hydrogen) atoms. The molecule has 0 spiro atoms. The standard InChI is InChI=1S/C16H20N4O2S/c1-12-11-19(8-7-14(21)22)9-10-20(12)16-17-15(18-23-16)13-5-3-2-4-6-13/h2-6,12H,7-11H2,1H3,(H,21,22). The third kappa shape index (κ3) is 3.86. The van der Waals surface area contributed by atoms with E-state index in [-0.39, 0.29) is 6.42 Å².